The standard InChI is InChI=1S/C19H21NO/c1-20(2)13-7-11-17-16-9-4-3-8-15(16)14-21-19-12-6-5-10-18(17)19/h3-6,8-12H,7,13-14H2,1-2H3/b17-11+/i1+1D3. The Bertz CT molecular complexity index is 703. The van der Waals surface area contributed by atoms with Gasteiger partial charge in [0.05, 0.1) is 0 Å². The van der Waals surface area contributed by atoms with E-state index in [9.17, 15) is 0 Å². The van der Waals surface area contributed by atoms with E-state index < -0.39 is 6.98 Å². The van der Waals surface area contributed by atoms with Crippen LogP contribution in [0.1, 0.15) is 27.2 Å². The average molecular weight is 283 g/mol. The lowest BCUT2D eigenvalue weighted by Crippen LogP contribution is -2.12. The normalized spacial score (nSPS) is 18.0. The Kier molecular flexibility index (Phi) is 3.11. The molecule has 0 N–H and O–H groups in total. The Labute approximate surface area is 130 Å². The molecule has 21 heavy (non-hydrogen) atoms. The van der Waals surface area contributed by atoms with Gasteiger partial charge in [0.25, 0.3) is 0 Å². The van der Waals surface area contributed by atoms with Crippen LogP contribution in [0.3, 0.4) is 0 Å². The molecular weight excluding hydrogens is 259 g/mol. The second kappa shape index (κ2) is 6.15. The average Bonchev–Trinajstić information content (AvgIpc) is 2.72. The number of ether oxygens (including phenoxy) is 1. The van der Waals surface area contributed by atoms with E-state index in [1.54, 1.807) is 7.05 Å². The Hall–Kier alpha value is -2.06. The first-order valence-electron chi connectivity index (χ1n) is 8.69. The summed E-state index contributed by atoms with van der Waals surface area (Å²) in [5, 5.41) is 0. The van der Waals surface area contributed by atoms with Gasteiger partial charge < -0.3 is 9.64 Å². The number of rotatable bonds is 3. The first kappa shape index (κ1) is 10.6. The lowest BCUT2D eigenvalue weighted by Gasteiger charge is -2.12. The molecule has 0 radical (unpaired) electrons. The number of benzene rings is 2. The highest BCUT2D eigenvalue weighted by Crippen LogP contribution is 2.36. The van der Waals surface area contributed by atoms with Crippen molar-refractivity contribution >= 4 is 5.57 Å². The summed E-state index contributed by atoms with van der Waals surface area (Å²) in [6.07, 6.45) is 2.78. The van der Waals surface area contributed by atoms with Gasteiger partial charge in [0.1, 0.15) is 12.4 Å². The van der Waals surface area contributed by atoms with Crippen molar-refractivity contribution in [2.45, 2.75) is 13.0 Å². The molecule has 0 unspecified atom stereocenters. The maximum atomic E-state index is 7.45. The molecule has 1 aliphatic rings. The van der Waals surface area contributed by atoms with Crippen LogP contribution < -0.4 is 4.74 Å². The summed E-state index contributed by atoms with van der Waals surface area (Å²) in [6.45, 7) is -1.04. The Morgan fingerprint density at radius 3 is 2.76 bits per heavy atom. The SMILES string of the molecule is [2H][13C]([2H])([2H])N(C)CC/C=C1\c2ccccc2COc2ccccc21. The fourth-order valence-electron chi connectivity index (χ4n) is 2.65. The summed E-state index contributed by atoms with van der Waals surface area (Å²) >= 11 is 0. The molecule has 0 fully saturated rings. The van der Waals surface area contributed by atoms with Crippen LogP contribution in [0, 0.1) is 0 Å². The molecule has 0 aliphatic carbocycles. The first-order chi connectivity index (χ1) is 11.5. The van der Waals surface area contributed by atoms with Crippen molar-refractivity contribution in [3.63, 3.8) is 0 Å². The van der Waals surface area contributed by atoms with E-state index in [2.05, 4.69) is 24.3 Å². The molecule has 0 atom stereocenters. The van der Waals surface area contributed by atoms with Gasteiger partial charge in [-0.15, -0.1) is 0 Å². The van der Waals surface area contributed by atoms with Crippen LogP contribution in [-0.4, -0.2) is 25.5 Å². The Balaban J connectivity index is 1.95. The second-order valence-corrected chi connectivity index (χ2v) is 5.27. The zero-order chi connectivity index (χ0) is 17.2. The van der Waals surface area contributed by atoms with E-state index in [-0.39, 0.29) is 0 Å². The largest absolute Gasteiger partial charge is 0.488 e. The Morgan fingerprint density at radius 2 is 1.90 bits per heavy atom. The first-order valence-corrected chi connectivity index (χ1v) is 7.19. The Morgan fingerprint density at radius 1 is 1.14 bits per heavy atom. The highest BCUT2D eigenvalue weighted by molar-refractivity contribution is 5.84. The van der Waals surface area contributed by atoms with Crippen molar-refractivity contribution in [1.82, 2.24) is 4.90 Å². The third-order valence-corrected chi connectivity index (χ3v) is 3.68. The van der Waals surface area contributed by atoms with E-state index in [4.69, 9.17) is 8.85 Å². The van der Waals surface area contributed by atoms with Gasteiger partial charge in [0, 0.05) is 16.2 Å². The zero-order valence-corrected chi connectivity index (χ0v) is 12.2. The van der Waals surface area contributed by atoms with Crippen LogP contribution in [0.15, 0.2) is 54.6 Å². The van der Waals surface area contributed by atoms with Gasteiger partial charge in [-0.25, -0.2) is 0 Å². The minimum Gasteiger partial charge on any atom is -0.488 e. The number of nitrogens with zero attached hydrogens (tertiary/aromatic N) is 1. The van der Waals surface area contributed by atoms with Gasteiger partial charge in [0.15, 0.2) is 0 Å². The summed E-state index contributed by atoms with van der Waals surface area (Å²) < 4.78 is 28.3. The van der Waals surface area contributed by atoms with Gasteiger partial charge in [-0.1, -0.05) is 48.5 Å². The van der Waals surface area contributed by atoms with Gasteiger partial charge in [-0.05, 0) is 43.2 Å². The van der Waals surface area contributed by atoms with Crippen molar-refractivity contribution < 1.29 is 8.85 Å². The van der Waals surface area contributed by atoms with Crippen molar-refractivity contribution in [2.24, 2.45) is 0 Å². The molecule has 0 saturated heterocycles. The molecule has 108 valence electrons. The van der Waals surface area contributed by atoms with E-state index in [0.29, 0.717) is 19.6 Å². The van der Waals surface area contributed by atoms with Crippen LogP contribution in [0.5, 0.6) is 5.75 Å². The van der Waals surface area contributed by atoms with Crippen molar-refractivity contribution in [3.05, 3.63) is 71.3 Å². The van der Waals surface area contributed by atoms with Crippen molar-refractivity contribution in [2.75, 3.05) is 20.6 Å². The molecule has 0 spiro atoms. The maximum Gasteiger partial charge on any atom is 0.127 e. The minimum atomic E-state index is -2.05. The summed E-state index contributed by atoms with van der Waals surface area (Å²) in [5.74, 6) is 0.865. The van der Waals surface area contributed by atoms with Crippen molar-refractivity contribution in [3.8, 4) is 5.75 Å². The molecule has 3 rings (SSSR count). The van der Waals surface area contributed by atoms with Gasteiger partial charge in [-0.2, -0.15) is 0 Å². The quantitative estimate of drug-likeness (QED) is 0.791. The fraction of sp³-hybridized carbons (Fsp3) is 0.263. The van der Waals surface area contributed by atoms with E-state index in [1.807, 2.05) is 30.3 Å². The molecule has 0 amide bonds. The number of fused-ring (bicyclic) bond motifs is 2. The fourth-order valence-corrected chi connectivity index (χ4v) is 2.65. The smallest absolute Gasteiger partial charge is 0.127 e. The van der Waals surface area contributed by atoms with Gasteiger partial charge in [-0.3, -0.25) is 0 Å². The van der Waals surface area contributed by atoms with Crippen LogP contribution in [-0.2, 0) is 6.61 Å². The summed E-state index contributed by atoms with van der Waals surface area (Å²) in [6, 6.07) is 16.2. The summed E-state index contributed by atoms with van der Waals surface area (Å²) in [7, 11) is 1.63. The molecule has 0 saturated carbocycles. The molecule has 0 aromatic heterocycles. The molecule has 2 aromatic rings. The highest BCUT2D eigenvalue weighted by atomic mass is 16.5. The minimum absolute atomic E-state index is 0.477. The predicted molar refractivity (Wildman–Crippen MR) is 87.5 cm³/mol. The maximum absolute atomic E-state index is 7.45. The molecule has 2 nitrogen and oxygen atoms in total. The van der Waals surface area contributed by atoms with Gasteiger partial charge in [0.2, 0.25) is 0 Å². The zero-order valence-electron chi connectivity index (χ0n) is 15.2. The van der Waals surface area contributed by atoms with Crippen LogP contribution in [0.4, 0.5) is 0 Å². The van der Waals surface area contributed by atoms with E-state index >= 15 is 0 Å². The number of para-hydroxylation sites is 1. The molecular formula is C19H21NO. The summed E-state index contributed by atoms with van der Waals surface area (Å²) in [5.41, 5.74) is 4.46. The number of hydrogen-bond donors (Lipinski definition) is 0. The lowest BCUT2D eigenvalue weighted by molar-refractivity contribution is 0.307. The lowest BCUT2D eigenvalue weighted by atomic mass is 9.93. The van der Waals surface area contributed by atoms with E-state index in [0.717, 1.165) is 28.0 Å². The highest BCUT2D eigenvalue weighted by Gasteiger charge is 2.17. The number of hydrogen-bond acceptors (Lipinski definition) is 2. The summed E-state index contributed by atoms with van der Waals surface area (Å²) in [4.78, 5) is 1.40. The van der Waals surface area contributed by atoms with Crippen LogP contribution in [0.2, 0.25) is 0 Å². The molecule has 1 aliphatic heterocycles. The van der Waals surface area contributed by atoms with Crippen LogP contribution in [0.25, 0.3) is 5.57 Å². The molecule has 1 heterocycles. The molecule has 0 bridgehead atoms. The van der Waals surface area contributed by atoms with Crippen molar-refractivity contribution in [1.29, 1.82) is 0 Å². The third kappa shape index (κ3) is 3.01. The van der Waals surface area contributed by atoms with Gasteiger partial charge >= 0.3 is 0 Å². The predicted octanol–water partition coefficient (Wildman–Crippen LogP) is 3.96. The third-order valence-electron chi connectivity index (χ3n) is 3.68. The topological polar surface area (TPSA) is 12.5 Å². The molecule has 2 heteroatoms. The van der Waals surface area contributed by atoms with E-state index in [1.165, 1.54) is 4.90 Å². The second-order valence-electron chi connectivity index (χ2n) is 5.27. The molecule has 2 aromatic carbocycles. The van der Waals surface area contributed by atoms with Crippen LogP contribution >= 0.6 is 0 Å². The monoisotopic (exact) mass is 283 g/mol.